The highest BCUT2D eigenvalue weighted by atomic mass is 32.2. The van der Waals surface area contributed by atoms with Crippen molar-refractivity contribution in [3.8, 4) is 22.6 Å². The summed E-state index contributed by atoms with van der Waals surface area (Å²) in [6.45, 7) is 2.89. The first-order chi connectivity index (χ1) is 15.7. The van der Waals surface area contributed by atoms with E-state index in [4.69, 9.17) is 14.8 Å². The van der Waals surface area contributed by atoms with E-state index in [0.29, 0.717) is 47.4 Å². The number of benzene rings is 2. The average Bonchev–Trinajstić information content (AvgIpc) is 3.27. The van der Waals surface area contributed by atoms with Crippen molar-refractivity contribution in [2.75, 3.05) is 30.9 Å². The van der Waals surface area contributed by atoms with Crippen molar-refractivity contribution in [1.82, 2.24) is 30.4 Å². The van der Waals surface area contributed by atoms with E-state index in [0.717, 1.165) is 16.7 Å². The van der Waals surface area contributed by atoms with E-state index in [2.05, 4.69) is 30.7 Å². The number of hydrogen-bond acceptors (Lipinski definition) is 9. The lowest BCUT2D eigenvalue weighted by Gasteiger charge is -2.10. The first-order valence-electron chi connectivity index (χ1n) is 10.1. The van der Waals surface area contributed by atoms with E-state index in [-0.39, 0.29) is 6.61 Å². The summed E-state index contributed by atoms with van der Waals surface area (Å²) in [5.41, 5.74) is 3.54. The molecule has 4 rings (SSSR count). The lowest BCUT2D eigenvalue weighted by atomic mass is 10.1. The SMILES string of the molecule is Cc1ccc(-c2nnc(-c3ccccc3)c(Nc3nc(SCCOCCO)n[nH]3)n2)cc1. The Morgan fingerprint density at radius 3 is 2.56 bits per heavy atom. The van der Waals surface area contributed by atoms with Crippen molar-refractivity contribution in [2.45, 2.75) is 12.1 Å². The maximum Gasteiger partial charge on any atom is 0.225 e. The Balaban J connectivity index is 1.57. The van der Waals surface area contributed by atoms with Crippen molar-refractivity contribution in [3.05, 3.63) is 60.2 Å². The number of hydrogen-bond donors (Lipinski definition) is 3. The fraction of sp³-hybridized carbons (Fsp3) is 0.227. The van der Waals surface area contributed by atoms with Gasteiger partial charge in [-0.1, -0.05) is 71.9 Å². The van der Waals surface area contributed by atoms with Gasteiger partial charge in [0.05, 0.1) is 19.8 Å². The first-order valence-corrected chi connectivity index (χ1v) is 11.1. The molecule has 164 valence electrons. The van der Waals surface area contributed by atoms with Crippen molar-refractivity contribution in [2.24, 2.45) is 0 Å². The molecule has 9 nitrogen and oxygen atoms in total. The Morgan fingerprint density at radius 2 is 1.78 bits per heavy atom. The zero-order chi connectivity index (χ0) is 22.2. The number of nitrogens with one attached hydrogen (secondary N) is 2. The second kappa shape index (κ2) is 10.8. The number of ether oxygens (including phenoxy) is 1. The Labute approximate surface area is 189 Å². The molecule has 2 aromatic carbocycles. The Hall–Kier alpha value is -3.34. The minimum Gasteiger partial charge on any atom is -0.394 e. The number of nitrogens with zero attached hydrogens (tertiary/aromatic N) is 5. The van der Waals surface area contributed by atoms with Gasteiger partial charge in [-0.3, -0.25) is 0 Å². The van der Waals surface area contributed by atoms with E-state index in [1.54, 1.807) is 0 Å². The Kier molecular flexibility index (Phi) is 7.38. The Bertz CT molecular complexity index is 1140. The molecule has 3 N–H and O–H groups in total. The van der Waals surface area contributed by atoms with Crippen LogP contribution in [0.2, 0.25) is 0 Å². The predicted molar refractivity (Wildman–Crippen MR) is 124 cm³/mol. The summed E-state index contributed by atoms with van der Waals surface area (Å²) in [4.78, 5) is 9.19. The van der Waals surface area contributed by atoms with Crippen LogP contribution in [0.1, 0.15) is 5.56 Å². The standard InChI is InChI=1S/C22H23N7O2S/c1-15-7-9-17(10-8-15)19-23-20(18(26-27-19)16-5-3-2-4-6-16)24-21-25-22(29-28-21)32-14-13-31-12-11-30/h2-10,30H,11-14H2,1H3,(H2,23,24,25,27,28,29). The highest BCUT2D eigenvalue weighted by Crippen LogP contribution is 2.28. The summed E-state index contributed by atoms with van der Waals surface area (Å²) in [5.74, 6) is 2.18. The van der Waals surface area contributed by atoms with Crippen LogP contribution in [0.25, 0.3) is 22.6 Å². The molecule has 0 radical (unpaired) electrons. The van der Waals surface area contributed by atoms with E-state index in [1.165, 1.54) is 11.8 Å². The number of aromatic nitrogens is 6. The molecular formula is C22H23N7O2S. The van der Waals surface area contributed by atoms with Crippen LogP contribution in [0.15, 0.2) is 59.8 Å². The van der Waals surface area contributed by atoms with Crippen LogP contribution in [0.3, 0.4) is 0 Å². The molecule has 0 fully saturated rings. The molecule has 0 aliphatic rings. The van der Waals surface area contributed by atoms with Gasteiger partial charge < -0.3 is 15.2 Å². The number of aryl methyl sites for hydroxylation is 1. The fourth-order valence-electron chi connectivity index (χ4n) is 2.87. The Morgan fingerprint density at radius 1 is 0.969 bits per heavy atom. The van der Waals surface area contributed by atoms with Crippen molar-refractivity contribution in [3.63, 3.8) is 0 Å². The van der Waals surface area contributed by atoms with Crippen LogP contribution >= 0.6 is 11.8 Å². The summed E-state index contributed by atoms with van der Waals surface area (Å²) < 4.78 is 5.26. The second-order valence-corrected chi connectivity index (χ2v) is 7.90. The van der Waals surface area contributed by atoms with Gasteiger partial charge in [-0.2, -0.15) is 4.98 Å². The van der Waals surface area contributed by atoms with E-state index >= 15 is 0 Å². The lowest BCUT2D eigenvalue weighted by molar-refractivity contribution is 0.103. The van der Waals surface area contributed by atoms with Crippen LogP contribution < -0.4 is 5.32 Å². The van der Waals surface area contributed by atoms with Crippen molar-refractivity contribution >= 4 is 23.5 Å². The van der Waals surface area contributed by atoms with Gasteiger partial charge in [0.15, 0.2) is 11.6 Å². The molecule has 0 aliphatic carbocycles. The summed E-state index contributed by atoms with van der Waals surface area (Å²) in [6.07, 6.45) is 0. The van der Waals surface area contributed by atoms with E-state index < -0.39 is 0 Å². The largest absolute Gasteiger partial charge is 0.394 e. The molecule has 0 saturated carbocycles. The molecule has 2 aromatic heterocycles. The number of anilines is 2. The van der Waals surface area contributed by atoms with Gasteiger partial charge in [0.2, 0.25) is 11.1 Å². The van der Waals surface area contributed by atoms with Gasteiger partial charge in [0.1, 0.15) is 5.69 Å². The van der Waals surface area contributed by atoms with E-state index in [1.807, 2.05) is 61.5 Å². The summed E-state index contributed by atoms with van der Waals surface area (Å²) >= 11 is 1.46. The van der Waals surface area contributed by atoms with Crippen LogP contribution in [-0.4, -0.2) is 61.0 Å². The normalized spacial score (nSPS) is 10.9. The lowest BCUT2D eigenvalue weighted by Crippen LogP contribution is -2.04. The third-order valence-corrected chi connectivity index (χ3v) is 5.25. The van der Waals surface area contributed by atoms with Gasteiger partial charge in [0, 0.05) is 16.9 Å². The maximum absolute atomic E-state index is 8.75. The molecular weight excluding hydrogens is 426 g/mol. The number of thioether (sulfide) groups is 1. The molecule has 32 heavy (non-hydrogen) atoms. The molecule has 0 saturated heterocycles. The van der Waals surface area contributed by atoms with Crippen LogP contribution in [-0.2, 0) is 4.74 Å². The number of rotatable bonds is 10. The van der Waals surface area contributed by atoms with Gasteiger partial charge in [-0.15, -0.1) is 15.3 Å². The number of aliphatic hydroxyl groups excluding tert-OH is 1. The molecule has 10 heteroatoms. The van der Waals surface area contributed by atoms with Crippen LogP contribution in [0, 0.1) is 6.92 Å². The third kappa shape index (κ3) is 5.67. The quantitative estimate of drug-likeness (QED) is 0.247. The highest BCUT2D eigenvalue weighted by Gasteiger charge is 2.15. The van der Waals surface area contributed by atoms with Crippen LogP contribution in [0.5, 0.6) is 0 Å². The summed E-state index contributed by atoms with van der Waals surface area (Å²) in [5, 5.41) is 28.4. The highest BCUT2D eigenvalue weighted by molar-refractivity contribution is 7.99. The van der Waals surface area contributed by atoms with Gasteiger partial charge in [-0.05, 0) is 6.92 Å². The van der Waals surface area contributed by atoms with Crippen molar-refractivity contribution < 1.29 is 9.84 Å². The molecule has 0 atom stereocenters. The average molecular weight is 450 g/mol. The van der Waals surface area contributed by atoms with Gasteiger partial charge in [-0.25, -0.2) is 10.1 Å². The fourth-order valence-corrected chi connectivity index (χ4v) is 3.52. The third-order valence-electron chi connectivity index (χ3n) is 4.44. The van der Waals surface area contributed by atoms with Gasteiger partial charge in [0.25, 0.3) is 0 Å². The second-order valence-electron chi connectivity index (χ2n) is 6.84. The topological polar surface area (TPSA) is 122 Å². The number of H-pyrrole nitrogens is 1. The molecule has 0 spiro atoms. The monoisotopic (exact) mass is 449 g/mol. The first kappa shape index (κ1) is 21.9. The smallest absolute Gasteiger partial charge is 0.225 e. The molecule has 2 heterocycles. The number of aromatic amines is 1. The van der Waals surface area contributed by atoms with Gasteiger partial charge >= 0.3 is 0 Å². The predicted octanol–water partition coefficient (Wildman–Crippen LogP) is 3.48. The van der Waals surface area contributed by atoms with Crippen molar-refractivity contribution in [1.29, 1.82) is 0 Å². The minimum absolute atomic E-state index is 0.0146. The molecule has 0 amide bonds. The molecule has 0 aliphatic heterocycles. The zero-order valence-corrected chi connectivity index (χ0v) is 18.3. The van der Waals surface area contributed by atoms with E-state index in [9.17, 15) is 0 Å². The molecule has 0 bridgehead atoms. The zero-order valence-electron chi connectivity index (χ0n) is 17.5. The van der Waals surface area contributed by atoms with Crippen LogP contribution in [0.4, 0.5) is 11.8 Å². The summed E-state index contributed by atoms with van der Waals surface area (Å²) in [7, 11) is 0. The summed E-state index contributed by atoms with van der Waals surface area (Å²) in [6, 6.07) is 17.7. The minimum atomic E-state index is 0.0146. The molecule has 0 unspecified atom stereocenters. The number of aliphatic hydroxyl groups is 1. The molecule has 4 aromatic rings. The maximum atomic E-state index is 8.75.